The largest absolute Gasteiger partial charge is 0.497 e. The highest BCUT2D eigenvalue weighted by atomic mass is 32.2. The lowest BCUT2D eigenvalue weighted by Gasteiger charge is -2.12. The summed E-state index contributed by atoms with van der Waals surface area (Å²) in [6, 6.07) is 17.0. The molecule has 0 aromatic heterocycles. The fourth-order valence-electron chi connectivity index (χ4n) is 3.52. The summed E-state index contributed by atoms with van der Waals surface area (Å²) in [5, 5.41) is 10.7. The van der Waals surface area contributed by atoms with E-state index in [1.165, 1.54) is 44.6 Å². The van der Waals surface area contributed by atoms with E-state index in [0.29, 0.717) is 16.9 Å². The number of carbonyl (C=O) groups is 3. The van der Waals surface area contributed by atoms with Crippen LogP contribution in [0.25, 0.3) is 6.08 Å². The summed E-state index contributed by atoms with van der Waals surface area (Å²) in [6.07, 6.45) is 1.50. The number of esters is 1. The van der Waals surface area contributed by atoms with E-state index < -0.39 is 22.0 Å². The van der Waals surface area contributed by atoms with Gasteiger partial charge in [-0.1, -0.05) is 24.3 Å². The molecule has 1 aliphatic heterocycles. The fourth-order valence-corrected chi connectivity index (χ4v) is 4.36. The number of thioether (sulfide) groups is 1. The van der Waals surface area contributed by atoms with Crippen molar-refractivity contribution in [2.75, 3.05) is 14.2 Å². The molecule has 0 radical (unpaired) electrons. The Morgan fingerprint density at radius 3 is 2.41 bits per heavy atom. The van der Waals surface area contributed by atoms with Crippen molar-refractivity contribution in [1.29, 1.82) is 0 Å². The van der Waals surface area contributed by atoms with Crippen molar-refractivity contribution in [2.24, 2.45) is 0 Å². The molecular weight excluding hydrogens is 500 g/mol. The average molecular weight is 521 g/mol. The van der Waals surface area contributed by atoms with Gasteiger partial charge in [0.2, 0.25) is 0 Å². The molecule has 0 spiro atoms. The van der Waals surface area contributed by atoms with Gasteiger partial charge in [-0.2, -0.15) is 0 Å². The number of nitro benzene ring substituents is 1. The zero-order valence-electron chi connectivity index (χ0n) is 19.7. The van der Waals surface area contributed by atoms with Gasteiger partial charge in [-0.25, -0.2) is 4.79 Å². The number of benzene rings is 3. The van der Waals surface area contributed by atoms with E-state index in [1.807, 2.05) is 0 Å². The first-order valence-corrected chi connectivity index (χ1v) is 11.6. The number of nitrogens with zero attached hydrogens (tertiary/aromatic N) is 2. The van der Waals surface area contributed by atoms with Gasteiger partial charge < -0.3 is 14.2 Å². The minimum Gasteiger partial charge on any atom is -0.497 e. The number of amides is 2. The summed E-state index contributed by atoms with van der Waals surface area (Å²) in [5.41, 5.74) is 0.923. The number of nitro groups is 1. The third-order valence-electron chi connectivity index (χ3n) is 5.40. The lowest BCUT2D eigenvalue weighted by molar-refractivity contribution is -0.385. The molecule has 3 aromatic carbocycles. The van der Waals surface area contributed by atoms with Gasteiger partial charge in [0.1, 0.15) is 5.75 Å². The van der Waals surface area contributed by atoms with Crippen LogP contribution in [0.4, 0.5) is 10.5 Å². The molecule has 2 amide bonds. The Bertz CT molecular complexity index is 1420. The first-order chi connectivity index (χ1) is 17.8. The second-order valence-corrected chi connectivity index (χ2v) is 8.68. The third-order valence-corrected chi connectivity index (χ3v) is 6.31. The van der Waals surface area contributed by atoms with Gasteiger partial charge in [0.15, 0.2) is 11.5 Å². The first kappa shape index (κ1) is 25.5. The van der Waals surface area contributed by atoms with Crippen molar-refractivity contribution < 1.29 is 33.5 Å². The molecule has 188 valence electrons. The summed E-state index contributed by atoms with van der Waals surface area (Å²) in [6.45, 7) is -0.220. The maximum Gasteiger partial charge on any atom is 0.343 e. The molecule has 0 atom stereocenters. The van der Waals surface area contributed by atoms with Crippen LogP contribution in [0.1, 0.15) is 21.5 Å². The van der Waals surface area contributed by atoms with Crippen molar-refractivity contribution in [3.63, 3.8) is 0 Å². The SMILES string of the molecule is COc1ccc(C(=O)Oc2ccc(/C=C3\SC(=O)N(Cc4ccccc4[N+](=O)[O-])C3=O)cc2OC)cc1. The molecule has 3 aromatic rings. The fraction of sp³-hybridized carbons (Fsp3) is 0.115. The van der Waals surface area contributed by atoms with Crippen LogP contribution >= 0.6 is 11.8 Å². The van der Waals surface area contributed by atoms with Gasteiger partial charge in [0.05, 0.1) is 36.2 Å². The number of imide groups is 1. The second-order valence-electron chi connectivity index (χ2n) is 7.68. The molecule has 0 bridgehead atoms. The number of carbonyl (C=O) groups excluding carboxylic acids is 3. The minimum atomic E-state index is -0.593. The van der Waals surface area contributed by atoms with Crippen LogP contribution in [0.2, 0.25) is 0 Å². The van der Waals surface area contributed by atoms with Gasteiger partial charge in [-0.15, -0.1) is 0 Å². The van der Waals surface area contributed by atoms with Gasteiger partial charge in [-0.3, -0.25) is 24.6 Å². The molecule has 10 nitrogen and oxygen atoms in total. The van der Waals surface area contributed by atoms with Gasteiger partial charge in [0.25, 0.3) is 16.8 Å². The van der Waals surface area contributed by atoms with E-state index in [0.717, 1.165) is 16.7 Å². The predicted molar refractivity (Wildman–Crippen MR) is 136 cm³/mol. The van der Waals surface area contributed by atoms with E-state index in [-0.39, 0.29) is 34.2 Å². The summed E-state index contributed by atoms with van der Waals surface area (Å²) in [7, 11) is 2.93. The van der Waals surface area contributed by atoms with E-state index >= 15 is 0 Å². The molecule has 37 heavy (non-hydrogen) atoms. The summed E-state index contributed by atoms with van der Waals surface area (Å²) in [4.78, 5) is 49.8. The summed E-state index contributed by atoms with van der Waals surface area (Å²) >= 11 is 0.731. The average Bonchev–Trinajstić information content (AvgIpc) is 3.16. The molecule has 1 saturated heterocycles. The smallest absolute Gasteiger partial charge is 0.343 e. The molecule has 4 rings (SSSR count). The molecule has 1 aliphatic rings. The number of para-hydroxylation sites is 1. The Kier molecular flexibility index (Phi) is 7.54. The van der Waals surface area contributed by atoms with Crippen LogP contribution in [0.5, 0.6) is 17.2 Å². The van der Waals surface area contributed by atoms with Gasteiger partial charge in [0, 0.05) is 11.6 Å². The summed E-state index contributed by atoms with van der Waals surface area (Å²) in [5.74, 6) is -0.142. The Labute approximate surface area is 215 Å². The van der Waals surface area contributed by atoms with Gasteiger partial charge in [-0.05, 0) is 59.8 Å². The molecule has 11 heteroatoms. The maximum absolute atomic E-state index is 12.9. The number of rotatable bonds is 8. The Balaban J connectivity index is 1.52. The predicted octanol–water partition coefficient (Wildman–Crippen LogP) is 5.07. The molecule has 1 fully saturated rings. The summed E-state index contributed by atoms with van der Waals surface area (Å²) < 4.78 is 15.9. The zero-order valence-corrected chi connectivity index (χ0v) is 20.5. The Morgan fingerprint density at radius 1 is 1.00 bits per heavy atom. The van der Waals surface area contributed by atoms with Crippen molar-refractivity contribution in [3.05, 3.63) is 98.4 Å². The Hall–Kier alpha value is -4.64. The zero-order chi connectivity index (χ0) is 26.5. The molecule has 0 saturated carbocycles. The van der Waals surface area contributed by atoms with Crippen LogP contribution in [-0.4, -0.2) is 41.2 Å². The number of hydrogen-bond acceptors (Lipinski definition) is 9. The van der Waals surface area contributed by atoms with Crippen molar-refractivity contribution >= 4 is 40.6 Å². The normalized spacial score (nSPS) is 14.1. The van der Waals surface area contributed by atoms with E-state index in [9.17, 15) is 24.5 Å². The first-order valence-electron chi connectivity index (χ1n) is 10.8. The molecular formula is C26H20N2O8S. The lowest BCUT2D eigenvalue weighted by Crippen LogP contribution is -2.27. The van der Waals surface area contributed by atoms with Crippen LogP contribution < -0.4 is 14.2 Å². The second kappa shape index (κ2) is 11.0. The molecule has 0 aliphatic carbocycles. The number of hydrogen-bond donors (Lipinski definition) is 0. The van der Waals surface area contributed by atoms with Gasteiger partial charge >= 0.3 is 5.97 Å². The van der Waals surface area contributed by atoms with Crippen molar-refractivity contribution in [1.82, 2.24) is 4.90 Å². The number of ether oxygens (including phenoxy) is 3. The topological polar surface area (TPSA) is 125 Å². The van der Waals surface area contributed by atoms with Crippen LogP contribution in [0.15, 0.2) is 71.6 Å². The van der Waals surface area contributed by atoms with E-state index in [1.54, 1.807) is 42.5 Å². The van der Waals surface area contributed by atoms with E-state index in [2.05, 4.69) is 0 Å². The standard InChI is InChI=1S/C26H20N2O8S/c1-34-19-10-8-17(9-11-19)25(30)36-21-12-7-16(13-22(21)35-2)14-23-24(29)27(26(31)37-23)15-18-5-3-4-6-20(18)28(32)33/h3-14H,15H2,1-2H3/b23-14-. The van der Waals surface area contributed by atoms with Crippen molar-refractivity contribution in [3.8, 4) is 17.2 Å². The highest BCUT2D eigenvalue weighted by Gasteiger charge is 2.36. The highest BCUT2D eigenvalue weighted by Crippen LogP contribution is 2.36. The quantitative estimate of drug-likeness (QED) is 0.132. The monoisotopic (exact) mass is 520 g/mol. The van der Waals surface area contributed by atoms with Crippen LogP contribution in [0.3, 0.4) is 0 Å². The minimum absolute atomic E-state index is 0.147. The Morgan fingerprint density at radius 2 is 1.73 bits per heavy atom. The lowest BCUT2D eigenvalue weighted by atomic mass is 10.1. The maximum atomic E-state index is 12.9. The van der Waals surface area contributed by atoms with Crippen molar-refractivity contribution in [2.45, 2.75) is 6.54 Å². The molecule has 0 N–H and O–H groups in total. The molecule has 1 heterocycles. The number of methoxy groups -OCH3 is 2. The van der Waals surface area contributed by atoms with Crippen LogP contribution in [-0.2, 0) is 11.3 Å². The molecule has 0 unspecified atom stereocenters. The third kappa shape index (κ3) is 5.62. The van der Waals surface area contributed by atoms with Crippen LogP contribution in [0, 0.1) is 10.1 Å². The van der Waals surface area contributed by atoms with E-state index in [4.69, 9.17) is 14.2 Å². The highest BCUT2D eigenvalue weighted by molar-refractivity contribution is 8.18.